The molecule has 0 aliphatic rings. The van der Waals surface area contributed by atoms with Crippen LogP contribution < -0.4 is 0 Å². The van der Waals surface area contributed by atoms with Gasteiger partial charge in [-0.3, -0.25) is 14.5 Å². The number of aromatic amines is 1. The van der Waals surface area contributed by atoms with Crippen molar-refractivity contribution in [1.29, 1.82) is 0 Å². The molecule has 0 unspecified atom stereocenters. The van der Waals surface area contributed by atoms with Crippen LogP contribution in [0.15, 0.2) is 54.9 Å². The van der Waals surface area contributed by atoms with Crippen molar-refractivity contribution in [2.24, 2.45) is 0 Å². The van der Waals surface area contributed by atoms with E-state index in [9.17, 15) is 10.1 Å². The van der Waals surface area contributed by atoms with Crippen LogP contribution in [0, 0.1) is 28.7 Å². The summed E-state index contributed by atoms with van der Waals surface area (Å²) in [6.45, 7) is 4.14. The highest BCUT2D eigenvalue weighted by Crippen LogP contribution is 2.29. The predicted molar refractivity (Wildman–Crippen MR) is 107 cm³/mol. The number of nitro groups is 1. The van der Waals surface area contributed by atoms with Gasteiger partial charge in [0, 0.05) is 35.7 Å². The van der Waals surface area contributed by atoms with Gasteiger partial charge in [-0.2, -0.15) is 0 Å². The first-order valence-corrected chi connectivity index (χ1v) is 8.78. The largest absolute Gasteiger partial charge is 0.339 e. The van der Waals surface area contributed by atoms with E-state index in [1.54, 1.807) is 16.7 Å². The lowest BCUT2D eigenvalue weighted by Gasteiger charge is -2.07. The van der Waals surface area contributed by atoms with E-state index in [4.69, 9.17) is 12.2 Å². The number of imidazole rings is 1. The van der Waals surface area contributed by atoms with Gasteiger partial charge in [-0.1, -0.05) is 30.3 Å². The van der Waals surface area contributed by atoms with Gasteiger partial charge in [-0.25, -0.2) is 4.98 Å². The topological polar surface area (TPSA) is 76.2 Å². The summed E-state index contributed by atoms with van der Waals surface area (Å²) in [5, 5.41) is 11.1. The van der Waals surface area contributed by atoms with E-state index in [1.807, 2.05) is 12.3 Å². The molecule has 0 aliphatic carbocycles. The van der Waals surface area contributed by atoms with Crippen molar-refractivity contribution < 1.29 is 4.92 Å². The number of benzene rings is 2. The number of hydrogen-bond acceptors (Lipinski definition) is 4. The van der Waals surface area contributed by atoms with Gasteiger partial charge < -0.3 is 4.98 Å². The number of aryl methyl sites for hydroxylation is 2. The zero-order chi connectivity index (χ0) is 19.1. The fourth-order valence-electron chi connectivity index (χ4n) is 3.06. The van der Waals surface area contributed by atoms with Crippen LogP contribution in [-0.4, -0.2) is 19.3 Å². The van der Waals surface area contributed by atoms with Crippen molar-refractivity contribution >= 4 is 23.6 Å². The molecule has 7 heteroatoms. The number of non-ortho nitro benzene ring substituents is 1. The standard InChI is InChI=1S/C20H16N4O2S/c1-12-6-7-14(8-13(12)2)17-10-21-20(27)23-11-18(22-19(17)23)15-4-3-5-16(9-15)24(25)26/h3-11,22H,1-2H3. The highest BCUT2D eigenvalue weighted by Gasteiger charge is 2.13. The molecule has 27 heavy (non-hydrogen) atoms. The Hall–Kier alpha value is -3.32. The van der Waals surface area contributed by atoms with Crippen LogP contribution in [0.2, 0.25) is 0 Å². The number of nitro benzene ring substituents is 1. The predicted octanol–water partition coefficient (Wildman–Crippen LogP) is 5.25. The lowest BCUT2D eigenvalue weighted by atomic mass is 10.0. The monoisotopic (exact) mass is 376 g/mol. The van der Waals surface area contributed by atoms with Gasteiger partial charge in [0.25, 0.3) is 5.69 Å². The summed E-state index contributed by atoms with van der Waals surface area (Å²) in [6.07, 6.45) is 3.59. The fraction of sp³-hybridized carbons (Fsp3) is 0.100. The maximum atomic E-state index is 11.1. The summed E-state index contributed by atoms with van der Waals surface area (Å²) in [7, 11) is 0. The highest BCUT2D eigenvalue weighted by atomic mass is 32.1. The second kappa shape index (κ2) is 6.44. The summed E-state index contributed by atoms with van der Waals surface area (Å²) >= 11 is 5.36. The van der Waals surface area contributed by atoms with Gasteiger partial charge in [0.2, 0.25) is 4.77 Å². The molecular weight excluding hydrogens is 360 g/mol. The first-order chi connectivity index (χ1) is 12.9. The Morgan fingerprint density at radius 1 is 1.11 bits per heavy atom. The molecule has 2 aromatic carbocycles. The van der Waals surface area contributed by atoms with E-state index in [-0.39, 0.29) is 5.69 Å². The molecule has 2 aromatic heterocycles. The van der Waals surface area contributed by atoms with Crippen LogP contribution in [0.5, 0.6) is 0 Å². The van der Waals surface area contributed by atoms with E-state index >= 15 is 0 Å². The van der Waals surface area contributed by atoms with Crippen LogP contribution in [0.1, 0.15) is 11.1 Å². The lowest BCUT2D eigenvalue weighted by Crippen LogP contribution is -1.93. The molecule has 0 bridgehead atoms. The average Bonchev–Trinajstić information content (AvgIpc) is 3.11. The van der Waals surface area contributed by atoms with Gasteiger partial charge in [-0.05, 0) is 42.8 Å². The van der Waals surface area contributed by atoms with Gasteiger partial charge in [0.1, 0.15) is 5.65 Å². The highest BCUT2D eigenvalue weighted by molar-refractivity contribution is 7.71. The molecule has 134 valence electrons. The minimum atomic E-state index is -0.403. The minimum Gasteiger partial charge on any atom is -0.339 e. The molecular formula is C20H16N4O2S. The first-order valence-electron chi connectivity index (χ1n) is 8.37. The zero-order valence-corrected chi connectivity index (χ0v) is 15.6. The molecule has 0 amide bonds. The molecule has 2 heterocycles. The molecule has 6 nitrogen and oxygen atoms in total. The van der Waals surface area contributed by atoms with Crippen molar-refractivity contribution in [1.82, 2.24) is 14.4 Å². The van der Waals surface area contributed by atoms with E-state index in [1.165, 1.54) is 23.3 Å². The maximum absolute atomic E-state index is 11.1. The number of H-pyrrole nitrogens is 1. The van der Waals surface area contributed by atoms with Crippen LogP contribution in [0.25, 0.3) is 28.0 Å². The summed E-state index contributed by atoms with van der Waals surface area (Å²) in [6, 6.07) is 12.7. The van der Waals surface area contributed by atoms with Crippen molar-refractivity contribution in [3.05, 3.63) is 80.9 Å². The third-order valence-electron chi connectivity index (χ3n) is 4.70. The molecule has 0 aliphatic heterocycles. The SMILES string of the molecule is Cc1ccc(-c2cnc(=S)n3cc(-c4cccc([N+](=O)[O-])c4)[nH]c23)cc1C. The van der Waals surface area contributed by atoms with Crippen LogP contribution in [0.4, 0.5) is 5.69 Å². The normalized spacial score (nSPS) is 11.0. The molecule has 0 spiro atoms. The van der Waals surface area contributed by atoms with Crippen molar-refractivity contribution in [2.45, 2.75) is 13.8 Å². The molecule has 4 aromatic rings. The Morgan fingerprint density at radius 3 is 2.67 bits per heavy atom. The maximum Gasteiger partial charge on any atom is 0.270 e. The Balaban J connectivity index is 1.93. The van der Waals surface area contributed by atoms with Gasteiger partial charge in [-0.15, -0.1) is 0 Å². The molecule has 0 radical (unpaired) electrons. The number of aromatic nitrogens is 3. The van der Waals surface area contributed by atoms with Crippen molar-refractivity contribution in [3.63, 3.8) is 0 Å². The fourth-order valence-corrected chi connectivity index (χ4v) is 3.26. The van der Waals surface area contributed by atoms with Crippen molar-refractivity contribution in [2.75, 3.05) is 0 Å². The Kier molecular flexibility index (Phi) is 4.08. The van der Waals surface area contributed by atoms with E-state index < -0.39 is 4.92 Å². The van der Waals surface area contributed by atoms with Gasteiger partial charge >= 0.3 is 0 Å². The lowest BCUT2D eigenvalue weighted by molar-refractivity contribution is -0.384. The Morgan fingerprint density at radius 2 is 1.93 bits per heavy atom. The molecule has 0 saturated carbocycles. The quantitative estimate of drug-likeness (QED) is 0.301. The number of hydrogen-bond donors (Lipinski definition) is 1. The summed E-state index contributed by atoms with van der Waals surface area (Å²) in [5.41, 5.74) is 6.67. The summed E-state index contributed by atoms with van der Waals surface area (Å²) in [5.74, 6) is 0. The van der Waals surface area contributed by atoms with E-state index in [2.05, 4.69) is 42.0 Å². The smallest absolute Gasteiger partial charge is 0.270 e. The molecule has 0 saturated heterocycles. The number of nitrogens with one attached hydrogen (secondary N) is 1. The molecule has 0 fully saturated rings. The second-order valence-electron chi connectivity index (χ2n) is 6.45. The third kappa shape index (κ3) is 3.02. The number of rotatable bonds is 3. The summed E-state index contributed by atoms with van der Waals surface area (Å²) < 4.78 is 2.22. The van der Waals surface area contributed by atoms with E-state index in [0.717, 1.165) is 22.5 Å². The second-order valence-corrected chi connectivity index (χ2v) is 6.81. The van der Waals surface area contributed by atoms with Crippen LogP contribution in [-0.2, 0) is 0 Å². The molecule has 1 N–H and O–H groups in total. The minimum absolute atomic E-state index is 0.0438. The summed E-state index contributed by atoms with van der Waals surface area (Å²) in [4.78, 5) is 18.4. The Bertz CT molecular complexity index is 1260. The number of nitrogens with zero attached hydrogens (tertiary/aromatic N) is 3. The van der Waals surface area contributed by atoms with Crippen LogP contribution in [0.3, 0.4) is 0 Å². The van der Waals surface area contributed by atoms with Crippen LogP contribution >= 0.6 is 12.2 Å². The van der Waals surface area contributed by atoms with Gasteiger partial charge in [0.15, 0.2) is 0 Å². The van der Waals surface area contributed by atoms with Gasteiger partial charge in [0.05, 0.1) is 10.6 Å². The van der Waals surface area contributed by atoms with Crippen molar-refractivity contribution in [3.8, 4) is 22.4 Å². The molecule has 0 atom stereocenters. The zero-order valence-electron chi connectivity index (χ0n) is 14.8. The first kappa shape index (κ1) is 17.1. The molecule has 4 rings (SSSR count). The van der Waals surface area contributed by atoms with E-state index in [0.29, 0.717) is 10.3 Å². The number of fused-ring (bicyclic) bond motifs is 1. The third-order valence-corrected chi connectivity index (χ3v) is 5.01. The average molecular weight is 376 g/mol. The Labute approximate surface area is 160 Å².